The van der Waals surface area contributed by atoms with Gasteiger partial charge >= 0.3 is 12.4 Å². The minimum absolute atomic E-state index is 0.0683. The summed E-state index contributed by atoms with van der Waals surface area (Å²) in [5, 5.41) is 59.9. The minimum Gasteiger partial charge on any atom is -0.192 e. The number of alkyl halides is 6. The van der Waals surface area contributed by atoms with Gasteiger partial charge in [-0.1, -0.05) is 60.7 Å². The Balaban J connectivity index is 2.24. The Hall–Kier alpha value is -6.86. The fourth-order valence-electron chi connectivity index (χ4n) is 5.85. The van der Waals surface area contributed by atoms with Crippen molar-refractivity contribution >= 4 is 33.4 Å². The van der Waals surface area contributed by atoms with Gasteiger partial charge in [0.15, 0.2) is 0 Å². The van der Waals surface area contributed by atoms with E-state index in [9.17, 15) is 31.6 Å². The van der Waals surface area contributed by atoms with Crippen LogP contribution in [0.15, 0.2) is 71.8 Å². The van der Waals surface area contributed by atoms with E-state index in [1.54, 1.807) is 12.1 Å². The molecule has 0 heterocycles. The van der Waals surface area contributed by atoms with Crippen LogP contribution in [-0.4, -0.2) is 0 Å². The molecule has 218 valence electrons. The zero-order valence-corrected chi connectivity index (χ0v) is 22.7. The van der Waals surface area contributed by atoms with Gasteiger partial charge in [-0.2, -0.15) is 57.9 Å². The Bertz CT molecular complexity index is 2070. The Morgan fingerprint density at radius 2 is 0.761 bits per heavy atom. The van der Waals surface area contributed by atoms with Gasteiger partial charge in [0, 0.05) is 44.5 Å². The van der Waals surface area contributed by atoms with Gasteiger partial charge in [-0.05, 0) is 11.1 Å². The van der Waals surface area contributed by atoms with Crippen LogP contribution in [0.25, 0.3) is 33.4 Å². The van der Waals surface area contributed by atoms with Crippen LogP contribution in [0.3, 0.4) is 0 Å². The molecule has 0 aromatic heterocycles. The molecular weight excluding hydrogens is 606 g/mol. The molecule has 0 radical (unpaired) electrons. The predicted molar refractivity (Wildman–Crippen MR) is 150 cm³/mol. The second-order valence-electron chi connectivity index (χ2n) is 9.65. The molecule has 0 unspecified atom stereocenters. The molecule has 3 aromatic carbocycles. The molecule has 12 heteroatoms. The molecule has 6 nitrogen and oxygen atoms in total. The third-order valence-electron chi connectivity index (χ3n) is 7.36. The molecule has 2 aliphatic rings. The summed E-state index contributed by atoms with van der Waals surface area (Å²) in [5.41, 5.74) is -15.7. The third kappa shape index (κ3) is 4.39. The number of allylic oxidation sites excluding steroid dienone is 8. The van der Waals surface area contributed by atoms with Gasteiger partial charge in [-0.15, -0.1) is 0 Å². The number of fused-ring (bicyclic) bond motifs is 2. The van der Waals surface area contributed by atoms with Crippen LogP contribution in [0.1, 0.15) is 44.5 Å². The number of benzene rings is 3. The summed E-state index contributed by atoms with van der Waals surface area (Å²) < 4.78 is 92.5. The van der Waals surface area contributed by atoms with E-state index >= 15 is 26.3 Å². The monoisotopic (exact) mass is 616 g/mol. The van der Waals surface area contributed by atoms with Crippen LogP contribution in [0.4, 0.5) is 26.3 Å². The van der Waals surface area contributed by atoms with Crippen molar-refractivity contribution in [3.8, 4) is 36.4 Å². The van der Waals surface area contributed by atoms with Crippen molar-refractivity contribution in [2.24, 2.45) is 0 Å². The van der Waals surface area contributed by atoms with Crippen molar-refractivity contribution in [1.29, 1.82) is 31.6 Å². The molecule has 2 aliphatic carbocycles. The van der Waals surface area contributed by atoms with Crippen LogP contribution >= 0.6 is 0 Å². The van der Waals surface area contributed by atoms with Crippen LogP contribution in [0.5, 0.6) is 0 Å². The molecule has 0 amide bonds. The predicted octanol–water partition coefficient (Wildman–Crippen LogP) is 8.22. The molecule has 3 aromatic rings. The molecule has 46 heavy (non-hydrogen) atoms. The van der Waals surface area contributed by atoms with Crippen molar-refractivity contribution < 1.29 is 26.3 Å². The molecule has 0 aliphatic heterocycles. The van der Waals surface area contributed by atoms with E-state index < -0.39 is 90.3 Å². The Morgan fingerprint density at radius 3 is 1.00 bits per heavy atom. The van der Waals surface area contributed by atoms with Gasteiger partial charge < -0.3 is 0 Å². The smallest absolute Gasteiger partial charge is 0.192 e. The zero-order chi connectivity index (χ0) is 33.6. The number of nitrogens with zero attached hydrogens (tertiary/aromatic N) is 6. The van der Waals surface area contributed by atoms with E-state index in [1.807, 2.05) is 0 Å². The normalized spacial score (nSPS) is 13.5. The van der Waals surface area contributed by atoms with Crippen LogP contribution in [-0.2, 0) is 12.4 Å². The van der Waals surface area contributed by atoms with E-state index in [0.29, 0.717) is 0 Å². The topological polar surface area (TPSA) is 143 Å². The summed E-state index contributed by atoms with van der Waals surface area (Å²) in [6.45, 7) is 0. The summed E-state index contributed by atoms with van der Waals surface area (Å²) in [4.78, 5) is 0. The summed E-state index contributed by atoms with van der Waals surface area (Å²) >= 11 is 0. The second-order valence-corrected chi connectivity index (χ2v) is 9.65. The van der Waals surface area contributed by atoms with Crippen LogP contribution in [0, 0.1) is 68.0 Å². The molecule has 0 N–H and O–H groups in total. The van der Waals surface area contributed by atoms with Crippen molar-refractivity contribution in [3.05, 3.63) is 116 Å². The van der Waals surface area contributed by atoms with Crippen LogP contribution < -0.4 is 0 Å². The number of hydrogen-bond donors (Lipinski definition) is 0. The molecule has 0 fully saturated rings. The Kier molecular flexibility index (Phi) is 7.32. The highest BCUT2D eigenvalue weighted by Gasteiger charge is 2.53. The molecule has 0 atom stereocenters. The molecule has 5 rings (SSSR count). The maximum Gasteiger partial charge on any atom is 0.417 e. The third-order valence-corrected chi connectivity index (χ3v) is 7.36. The van der Waals surface area contributed by atoms with Crippen LogP contribution in [0.2, 0.25) is 0 Å². The lowest BCUT2D eigenvalue weighted by Crippen LogP contribution is -2.20. The SMILES string of the molecule is N#CC(C#N)=C1C(c2ccccc2)=C(C#N)c2c1c(C(F)(F)F)c1c(c2C(F)(F)F)C(=C(C#N)C#N)C(c2ccccc2)=C1C#N. The van der Waals surface area contributed by atoms with Gasteiger partial charge in [0.1, 0.15) is 47.6 Å². The molecular formula is C34H10F6N6. The first-order valence-corrected chi connectivity index (χ1v) is 12.8. The summed E-state index contributed by atoms with van der Waals surface area (Å²) in [5.74, 6) is 0. The lowest BCUT2D eigenvalue weighted by Gasteiger charge is -2.24. The van der Waals surface area contributed by atoms with Crippen molar-refractivity contribution in [3.63, 3.8) is 0 Å². The maximum absolute atomic E-state index is 15.4. The van der Waals surface area contributed by atoms with Gasteiger partial charge in [0.25, 0.3) is 0 Å². The number of halogens is 6. The van der Waals surface area contributed by atoms with E-state index in [-0.39, 0.29) is 11.1 Å². The number of hydrogen-bond acceptors (Lipinski definition) is 6. The summed E-state index contributed by atoms with van der Waals surface area (Å²) in [7, 11) is 0. The van der Waals surface area contributed by atoms with Gasteiger partial charge in [-0.25, -0.2) is 0 Å². The first-order chi connectivity index (χ1) is 21.9. The van der Waals surface area contributed by atoms with Gasteiger partial charge in [0.2, 0.25) is 0 Å². The van der Waals surface area contributed by atoms with E-state index in [0.717, 1.165) is 0 Å². The Labute approximate surface area is 256 Å². The molecule has 0 bridgehead atoms. The lowest BCUT2D eigenvalue weighted by molar-refractivity contribution is -0.141. The molecule has 0 saturated carbocycles. The summed E-state index contributed by atoms with van der Waals surface area (Å²) in [6.07, 6.45) is -11.1. The van der Waals surface area contributed by atoms with Crippen molar-refractivity contribution in [2.75, 3.05) is 0 Å². The highest BCUT2D eigenvalue weighted by Crippen LogP contribution is 2.62. The fourth-order valence-corrected chi connectivity index (χ4v) is 5.85. The minimum atomic E-state index is -5.56. The highest BCUT2D eigenvalue weighted by atomic mass is 19.4. The fraction of sp³-hybridized carbons (Fsp3) is 0.0588. The first kappa shape index (κ1) is 30.6. The molecule has 0 saturated heterocycles. The second kappa shape index (κ2) is 11.0. The average molecular weight is 616 g/mol. The van der Waals surface area contributed by atoms with E-state index in [1.165, 1.54) is 84.9 Å². The van der Waals surface area contributed by atoms with E-state index in [2.05, 4.69) is 0 Å². The number of nitriles is 6. The van der Waals surface area contributed by atoms with Crippen molar-refractivity contribution in [2.45, 2.75) is 12.4 Å². The maximum atomic E-state index is 15.4. The number of rotatable bonds is 2. The first-order valence-electron chi connectivity index (χ1n) is 12.8. The van der Waals surface area contributed by atoms with Gasteiger partial charge in [-0.3, -0.25) is 0 Å². The standard InChI is InChI=1S/C34H10F6N6/c35-33(36,37)31-27-21(15-45)23(17-7-3-1-4-8-17)25(19(11-41)12-42)29(27)32(34(38,39)40)28-22(16-46)24(18-9-5-2-6-10-18)26(30(28)31)20(13-43)14-44/h1-10H. The largest absolute Gasteiger partial charge is 0.417 e. The van der Waals surface area contributed by atoms with Crippen molar-refractivity contribution in [1.82, 2.24) is 0 Å². The lowest BCUT2D eigenvalue weighted by atomic mass is 9.81. The highest BCUT2D eigenvalue weighted by molar-refractivity contribution is 6.31. The molecule has 0 spiro atoms. The Morgan fingerprint density at radius 1 is 0.457 bits per heavy atom. The summed E-state index contributed by atoms with van der Waals surface area (Å²) in [6, 6.07) is 22.6. The average Bonchev–Trinajstić information content (AvgIpc) is 3.54. The quantitative estimate of drug-likeness (QED) is 0.210. The van der Waals surface area contributed by atoms with E-state index in [4.69, 9.17) is 0 Å². The zero-order valence-electron chi connectivity index (χ0n) is 22.7. The van der Waals surface area contributed by atoms with Gasteiger partial charge in [0.05, 0.1) is 22.3 Å².